The minimum Gasteiger partial charge on any atom is -0.788 e. The Bertz CT molecular complexity index is 563. The van der Waals surface area contributed by atoms with E-state index < -0.39 is 0 Å². The van der Waals surface area contributed by atoms with E-state index in [0.717, 1.165) is 5.57 Å². The maximum absolute atomic E-state index is 11.3. The predicted molar refractivity (Wildman–Crippen MR) is 60.6 cm³/mol. The van der Waals surface area contributed by atoms with Crippen LogP contribution < -0.4 is 0 Å². The second-order valence-corrected chi connectivity index (χ2v) is 4.33. The van der Waals surface area contributed by atoms with Crippen molar-refractivity contribution in [2.45, 2.75) is 11.3 Å². The van der Waals surface area contributed by atoms with E-state index in [4.69, 9.17) is 0 Å². The maximum Gasteiger partial charge on any atom is 0.174 e. The van der Waals surface area contributed by atoms with Gasteiger partial charge in [-0.05, 0) is 27.5 Å². The number of allylic oxidation sites excluding steroid dienone is 1. The summed E-state index contributed by atoms with van der Waals surface area (Å²) < 4.78 is 0. The lowest BCUT2D eigenvalue weighted by molar-refractivity contribution is 0.788. The average molecular weight is 231 g/mol. The fraction of sp³-hybridized carbons (Fsp3) is 0.100. The van der Waals surface area contributed by atoms with Crippen molar-refractivity contribution in [3.8, 4) is 0 Å². The molecule has 0 N–H and O–H groups in total. The first kappa shape index (κ1) is 9.41. The molecular formula is C10H7N4OS-. The van der Waals surface area contributed by atoms with E-state index in [1.54, 1.807) is 11.8 Å². The average Bonchev–Trinajstić information content (AvgIpc) is 2.75. The molecule has 0 saturated heterocycles. The largest absolute Gasteiger partial charge is 0.788 e. The number of nitrogens with zero attached hydrogens (tertiary/aromatic N) is 4. The van der Waals surface area contributed by atoms with Crippen LogP contribution in [0.2, 0.25) is 0 Å². The second kappa shape index (κ2) is 3.64. The number of fused-ring (bicyclic) bond motifs is 1. The predicted octanol–water partition coefficient (Wildman–Crippen LogP) is 1.71. The third-order valence-corrected chi connectivity index (χ3v) is 3.47. The first-order chi connectivity index (χ1) is 7.84. The topological polar surface area (TPSA) is 66.7 Å². The van der Waals surface area contributed by atoms with Gasteiger partial charge in [-0.15, -0.1) is 5.10 Å². The summed E-state index contributed by atoms with van der Waals surface area (Å²) in [6, 6.07) is 8.10. The molecule has 0 radical (unpaired) electrons. The summed E-state index contributed by atoms with van der Waals surface area (Å²) in [7, 11) is 0. The number of rotatable bonds is 1. The summed E-state index contributed by atoms with van der Waals surface area (Å²) >= 11 is 1.59. The van der Waals surface area contributed by atoms with Crippen molar-refractivity contribution >= 4 is 17.3 Å². The normalized spacial score (nSPS) is 14.4. The molecule has 2 heterocycles. The van der Waals surface area contributed by atoms with Crippen molar-refractivity contribution in [3.05, 3.63) is 46.3 Å². The van der Waals surface area contributed by atoms with Crippen molar-refractivity contribution in [2.75, 3.05) is 0 Å². The molecule has 16 heavy (non-hydrogen) atoms. The van der Waals surface area contributed by atoms with Gasteiger partial charge in [0.15, 0.2) is 5.82 Å². The van der Waals surface area contributed by atoms with Gasteiger partial charge in [0.2, 0.25) is 0 Å². The Morgan fingerprint density at radius 2 is 2.19 bits per heavy atom. The van der Waals surface area contributed by atoms with Crippen LogP contribution >= 0.6 is 11.8 Å². The van der Waals surface area contributed by atoms with Gasteiger partial charge in [-0.2, -0.15) is 0 Å². The molecule has 0 fully saturated rings. The summed E-state index contributed by atoms with van der Waals surface area (Å²) in [5.41, 5.74) is 2.07. The monoisotopic (exact) mass is 231 g/mol. The van der Waals surface area contributed by atoms with E-state index in [9.17, 15) is 5.21 Å². The van der Waals surface area contributed by atoms with Gasteiger partial charge in [-0.1, -0.05) is 30.0 Å². The van der Waals surface area contributed by atoms with Gasteiger partial charge in [0, 0.05) is 16.9 Å². The molecule has 0 saturated carbocycles. The molecular weight excluding hydrogens is 224 g/mol. The summed E-state index contributed by atoms with van der Waals surface area (Å²) in [4.78, 5) is 1.68. The zero-order chi connectivity index (χ0) is 11.0. The lowest BCUT2D eigenvalue weighted by Gasteiger charge is -2.16. The van der Waals surface area contributed by atoms with E-state index in [1.807, 2.05) is 23.6 Å². The van der Waals surface area contributed by atoms with Crippen LogP contribution in [0.1, 0.15) is 11.4 Å². The SMILES string of the molecule is [O-]n1nnnc1C1=CSc2ccccc2C1. The third kappa shape index (κ3) is 1.47. The Hall–Kier alpha value is -1.82. The molecule has 0 spiro atoms. The van der Waals surface area contributed by atoms with Gasteiger partial charge >= 0.3 is 0 Å². The van der Waals surface area contributed by atoms with E-state index in [0.29, 0.717) is 17.1 Å². The number of thioether (sulfide) groups is 1. The molecule has 0 amide bonds. The molecule has 80 valence electrons. The summed E-state index contributed by atoms with van der Waals surface area (Å²) in [6.45, 7) is 0. The number of aromatic nitrogens is 4. The molecule has 0 unspecified atom stereocenters. The third-order valence-electron chi connectivity index (χ3n) is 2.41. The highest BCUT2D eigenvalue weighted by molar-refractivity contribution is 8.02. The van der Waals surface area contributed by atoms with Gasteiger partial charge in [0.1, 0.15) is 0 Å². The highest BCUT2D eigenvalue weighted by atomic mass is 32.2. The zero-order valence-electron chi connectivity index (χ0n) is 8.20. The number of benzene rings is 1. The van der Waals surface area contributed by atoms with Crippen molar-refractivity contribution in [3.63, 3.8) is 0 Å². The standard InChI is InChI=1S/C10H7N4OS/c15-14-10(11-12-13-14)8-5-7-3-1-2-4-9(7)16-6-8/h1-4,6H,5H2/q-1. The molecule has 3 rings (SSSR count). The minimum absolute atomic E-state index is 0.294. The van der Waals surface area contributed by atoms with Crippen LogP contribution in [-0.4, -0.2) is 20.4 Å². The Morgan fingerprint density at radius 3 is 3.00 bits per heavy atom. The number of tetrazole rings is 1. The zero-order valence-corrected chi connectivity index (χ0v) is 9.02. The molecule has 6 heteroatoms. The van der Waals surface area contributed by atoms with Crippen molar-refractivity contribution < 1.29 is 0 Å². The molecule has 0 atom stereocenters. The van der Waals surface area contributed by atoms with Crippen molar-refractivity contribution in [1.82, 2.24) is 20.4 Å². The van der Waals surface area contributed by atoms with Crippen LogP contribution in [0, 0.1) is 5.21 Å². The fourth-order valence-corrected chi connectivity index (χ4v) is 2.55. The molecule has 2 aromatic rings. The van der Waals surface area contributed by atoms with Crippen LogP contribution in [0.4, 0.5) is 0 Å². The smallest absolute Gasteiger partial charge is 0.174 e. The number of hydrogen-bond acceptors (Lipinski definition) is 5. The maximum atomic E-state index is 11.3. The molecule has 0 aliphatic carbocycles. The Morgan fingerprint density at radius 1 is 1.31 bits per heavy atom. The van der Waals surface area contributed by atoms with Crippen LogP contribution in [0.3, 0.4) is 0 Å². The molecule has 0 bridgehead atoms. The van der Waals surface area contributed by atoms with Gasteiger partial charge in [0.05, 0.1) is 0 Å². The fourth-order valence-electron chi connectivity index (χ4n) is 1.64. The number of hydrogen-bond donors (Lipinski definition) is 0. The van der Waals surface area contributed by atoms with Gasteiger partial charge < -0.3 is 5.21 Å². The van der Waals surface area contributed by atoms with Crippen LogP contribution in [0.5, 0.6) is 0 Å². The lowest BCUT2D eigenvalue weighted by Crippen LogP contribution is -2.02. The molecule has 1 aromatic carbocycles. The van der Waals surface area contributed by atoms with E-state index in [2.05, 4.69) is 21.6 Å². The van der Waals surface area contributed by atoms with Gasteiger partial charge in [0.25, 0.3) is 0 Å². The molecule has 5 nitrogen and oxygen atoms in total. The Balaban J connectivity index is 1.98. The van der Waals surface area contributed by atoms with E-state index in [-0.39, 0.29) is 0 Å². The second-order valence-electron chi connectivity index (χ2n) is 3.42. The van der Waals surface area contributed by atoms with Gasteiger partial charge in [-0.3, -0.25) is 4.85 Å². The highest BCUT2D eigenvalue weighted by Crippen LogP contribution is 2.34. The first-order valence-electron chi connectivity index (χ1n) is 4.74. The van der Waals surface area contributed by atoms with E-state index in [1.165, 1.54) is 10.5 Å². The lowest BCUT2D eigenvalue weighted by atomic mass is 10.1. The van der Waals surface area contributed by atoms with E-state index >= 15 is 0 Å². The first-order valence-corrected chi connectivity index (χ1v) is 5.62. The minimum atomic E-state index is 0.294. The summed E-state index contributed by atoms with van der Waals surface area (Å²) in [5.74, 6) is 0.294. The van der Waals surface area contributed by atoms with Crippen LogP contribution in [0.15, 0.2) is 34.6 Å². The van der Waals surface area contributed by atoms with Crippen LogP contribution in [0.25, 0.3) is 5.57 Å². The van der Waals surface area contributed by atoms with Gasteiger partial charge in [-0.25, -0.2) is 0 Å². The van der Waals surface area contributed by atoms with Crippen molar-refractivity contribution in [1.29, 1.82) is 0 Å². The summed E-state index contributed by atoms with van der Waals surface area (Å²) in [6.07, 6.45) is 0.700. The highest BCUT2D eigenvalue weighted by Gasteiger charge is 2.15. The molecule has 1 aliphatic rings. The Labute approximate surface area is 95.7 Å². The van der Waals surface area contributed by atoms with Crippen LogP contribution in [-0.2, 0) is 6.42 Å². The molecule has 1 aromatic heterocycles. The Kier molecular flexibility index (Phi) is 2.14. The molecule has 1 aliphatic heterocycles. The van der Waals surface area contributed by atoms with Crippen molar-refractivity contribution in [2.24, 2.45) is 0 Å². The summed E-state index contributed by atoms with van der Waals surface area (Å²) in [5, 5.41) is 23.6. The quantitative estimate of drug-likeness (QED) is 0.747.